The molecular formula is C3H6N8. The molecule has 1 heterocycles. The van der Waals surface area contributed by atoms with Gasteiger partial charge in [0.25, 0.3) is 11.9 Å². The quantitative estimate of drug-likeness (QED) is 0.306. The van der Waals surface area contributed by atoms with Gasteiger partial charge in [0, 0.05) is 0 Å². The molecule has 8 heteroatoms. The van der Waals surface area contributed by atoms with Crippen LogP contribution in [0.15, 0.2) is 4.99 Å². The molecule has 0 fully saturated rings. The normalized spacial score (nSPS) is 9.09. The second kappa shape index (κ2) is 2.73. The molecule has 11 heavy (non-hydrogen) atoms. The van der Waals surface area contributed by atoms with Gasteiger partial charge in [-0.05, 0) is 0 Å². The summed E-state index contributed by atoms with van der Waals surface area (Å²) in [6, 6.07) is 0. The van der Waals surface area contributed by atoms with E-state index >= 15 is 0 Å². The molecule has 1 rings (SSSR count). The molecule has 0 aliphatic carbocycles. The average molecular weight is 154 g/mol. The van der Waals surface area contributed by atoms with Gasteiger partial charge in [-0.2, -0.15) is 4.99 Å². The molecule has 6 N–H and O–H groups in total. The molecule has 0 saturated carbocycles. The number of nitrogens with two attached hydrogens (primary N) is 3. The van der Waals surface area contributed by atoms with E-state index in [0.717, 1.165) is 0 Å². The average Bonchev–Trinajstić information content (AvgIpc) is 1.93. The highest BCUT2D eigenvalue weighted by Gasteiger charge is 1.94. The number of nitrogens with zero attached hydrogens (tertiary/aromatic N) is 5. The number of guanidine groups is 1. The van der Waals surface area contributed by atoms with Crippen molar-refractivity contribution >= 4 is 17.9 Å². The van der Waals surface area contributed by atoms with Crippen molar-refractivity contribution in [1.82, 2.24) is 20.4 Å². The minimum atomic E-state index is -0.154. The highest BCUT2D eigenvalue weighted by atomic mass is 15.4. The van der Waals surface area contributed by atoms with Crippen LogP contribution in [0.5, 0.6) is 0 Å². The highest BCUT2D eigenvalue weighted by Crippen LogP contribution is 1.95. The fraction of sp³-hybridized carbons (Fsp3) is 0. The Labute approximate surface area is 61.5 Å². The van der Waals surface area contributed by atoms with Crippen molar-refractivity contribution in [3.63, 3.8) is 0 Å². The van der Waals surface area contributed by atoms with Crippen LogP contribution < -0.4 is 17.2 Å². The van der Waals surface area contributed by atoms with Gasteiger partial charge in [0.1, 0.15) is 0 Å². The van der Waals surface area contributed by atoms with E-state index in [1.165, 1.54) is 0 Å². The molecule has 0 aromatic carbocycles. The Morgan fingerprint density at radius 2 is 1.64 bits per heavy atom. The Morgan fingerprint density at radius 1 is 1.09 bits per heavy atom. The summed E-state index contributed by atoms with van der Waals surface area (Å²) in [4.78, 5) is 3.47. The second-order valence-electron chi connectivity index (χ2n) is 1.59. The first kappa shape index (κ1) is 7.12. The van der Waals surface area contributed by atoms with E-state index in [4.69, 9.17) is 17.2 Å². The molecule has 0 saturated heterocycles. The van der Waals surface area contributed by atoms with Crippen LogP contribution in [0.25, 0.3) is 0 Å². The van der Waals surface area contributed by atoms with Crippen LogP contribution in [0.4, 0.5) is 11.9 Å². The Bertz CT molecular complexity index is 257. The molecule has 0 bridgehead atoms. The first-order valence-electron chi connectivity index (χ1n) is 2.61. The third-order valence-electron chi connectivity index (χ3n) is 0.713. The van der Waals surface area contributed by atoms with Gasteiger partial charge in [0.15, 0.2) is 5.96 Å². The number of rotatable bonds is 1. The molecule has 0 radical (unpaired) electrons. The van der Waals surface area contributed by atoms with Gasteiger partial charge in [-0.1, -0.05) is 0 Å². The molecule has 0 aliphatic rings. The minimum absolute atomic E-state index is 0.0146. The van der Waals surface area contributed by atoms with Crippen LogP contribution in [0.1, 0.15) is 0 Å². The molecule has 0 atom stereocenters. The third-order valence-corrected chi connectivity index (χ3v) is 0.713. The van der Waals surface area contributed by atoms with E-state index < -0.39 is 0 Å². The first-order chi connectivity index (χ1) is 5.18. The lowest BCUT2D eigenvalue weighted by atomic mass is 10.9. The van der Waals surface area contributed by atoms with Crippen LogP contribution in [-0.4, -0.2) is 26.4 Å². The highest BCUT2D eigenvalue weighted by molar-refractivity contribution is 5.77. The van der Waals surface area contributed by atoms with Crippen molar-refractivity contribution in [2.75, 3.05) is 5.73 Å². The largest absolute Gasteiger partial charge is 0.370 e. The Balaban J connectivity index is 2.91. The molecule has 0 spiro atoms. The van der Waals surface area contributed by atoms with Gasteiger partial charge in [-0.3, -0.25) is 0 Å². The maximum Gasteiger partial charge on any atom is 0.291 e. The van der Waals surface area contributed by atoms with Crippen molar-refractivity contribution in [3.8, 4) is 0 Å². The van der Waals surface area contributed by atoms with Gasteiger partial charge in [0.05, 0.1) is 0 Å². The van der Waals surface area contributed by atoms with Crippen LogP contribution >= 0.6 is 0 Å². The monoisotopic (exact) mass is 154 g/mol. The summed E-state index contributed by atoms with van der Waals surface area (Å²) in [5, 5.41) is 13.6. The lowest BCUT2D eigenvalue weighted by Crippen LogP contribution is -2.22. The molecule has 0 amide bonds. The molecule has 1 aromatic rings. The summed E-state index contributed by atoms with van der Waals surface area (Å²) in [7, 11) is 0. The Kier molecular flexibility index (Phi) is 1.77. The Morgan fingerprint density at radius 3 is 2.09 bits per heavy atom. The zero-order valence-electron chi connectivity index (χ0n) is 5.47. The molecular weight excluding hydrogens is 148 g/mol. The minimum Gasteiger partial charge on any atom is -0.370 e. The van der Waals surface area contributed by atoms with E-state index in [-0.39, 0.29) is 17.9 Å². The molecule has 0 unspecified atom stereocenters. The summed E-state index contributed by atoms with van der Waals surface area (Å²) in [5.41, 5.74) is 15.1. The van der Waals surface area contributed by atoms with Crippen LogP contribution in [0.3, 0.4) is 0 Å². The fourth-order valence-electron chi connectivity index (χ4n) is 0.392. The van der Waals surface area contributed by atoms with Crippen molar-refractivity contribution in [1.29, 1.82) is 0 Å². The maximum atomic E-state index is 5.10. The number of aliphatic imine (C=N–C) groups is 1. The summed E-state index contributed by atoms with van der Waals surface area (Å²) >= 11 is 0. The number of hydrogen-bond acceptors (Lipinski definition) is 6. The number of anilines is 1. The SMILES string of the molecule is NC(N)=Nc1nnc(N)nn1. The molecule has 8 nitrogen and oxygen atoms in total. The van der Waals surface area contributed by atoms with Gasteiger partial charge >= 0.3 is 0 Å². The van der Waals surface area contributed by atoms with Crippen molar-refractivity contribution in [2.24, 2.45) is 16.5 Å². The predicted molar refractivity (Wildman–Crippen MR) is 37.5 cm³/mol. The third kappa shape index (κ3) is 2.01. The molecule has 0 aliphatic heterocycles. The van der Waals surface area contributed by atoms with Crippen molar-refractivity contribution in [3.05, 3.63) is 0 Å². The smallest absolute Gasteiger partial charge is 0.291 e. The molecule has 58 valence electrons. The van der Waals surface area contributed by atoms with E-state index in [2.05, 4.69) is 25.4 Å². The fourth-order valence-corrected chi connectivity index (χ4v) is 0.392. The van der Waals surface area contributed by atoms with E-state index in [1.54, 1.807) is 0 Å². The van der Waals surface area contributed by atoms with E-state index in [1.807, 2.05) is 0 Å². The number of nitrogen functional groups attached to an aromatic ring is 1. The maximum absolute atomic E-state index is 5.10. The van der Waals surface area contributed by atoms with Crippen LogP contribution in [0.2, 0.25) is 0 Å². The number of hydrogen-bond donors (Lipinski definition) is 3. The second-order valence-corrected chi connectivity index (χ2v) is 1.59. The van der Waals surface area contributed by atoms with Gasteiger partial charge in [-0.25, -0.2) is 0 Å². The molecule has 1 aromatic heterocycles. The summed E-state index contributed by atoms with van der Waals surface area (Å²) in [6.07, 6.45) is 0. The van der Waals surface area contributed by atoms with Crippen molar-refractivity contribution < 1.29 is 0 Å². The lowest BCUT2D eigenvalue weighted by Gasteiger charge is -1.90. The van der Waals surface area contributed by atoms with Gasteiger partial charge in [-0.15, -0.1) is 20.4 Å². The predicted octanol–water partition coefficient (Wildman–Crippen LogP) is -2.25. The topological polar surface area (TPSA) is 142 Å². The standard InChI is InChI=1S/C3H6N8/c4-1(5)7-3-10-8-2(6)9-11-3/h(H2,6,8,9)(H4,4,5,7,10,11). The van der Waals surface area contributed by atoms with Crippen LogP contribution in [0, 0.1) is 0 Å². The zero-order valence-corrected chi connectivity index (χ0v) is 5.47. The van der Waals surface area contributed by atoms with E-state index in [0.29, 0.717) is 0 Å². The summed E-state index contributed by atoms with van der Waals surface area (Å²) < 4.78 is 0. The first-order valence-corrected chi connectivity index (χ1v) is 2.61. The van der Waals surface area contributed by atoms with E-state index in [9.17, 15) is 0 Å². The zero-order chi connectivity index (χ0) is 8.27. The summed E-state index contributed by atoms with van der Waals surface area (Å²) in [6.45, 7) is 0. The number of aromatic nitrogens is 4. The lowest BCUT2D eigenvalue weighted by molar-refractivity contribution is 0.869. The van der Waals surface area contributed by atoms with Crippen LogP contribution in [-0.2, 0) is 0 Å². The Hall–Kier alpha value is -1.99. The van der Waals surface area contributed by atoms with Gasteiger partial charge < -0.3 is 17.2 Å². The van der Waals surface area contributed by atoms with Gasteiger partial charge in [0.2, 0.25) is 0 Å². The summed E-state index contributed by atoms with van der Waals surface area (Å²) in [5.74, 6) is -0.197. The van der Waals surface area contributed by atoms with Crippen molar-refractivity contribution in [2.45, 2.75) is 0 Å².